The Morgan fingerprint density at radius 3 is 2.40 bits per heavy atom. The summed E-state index contributed by atoms with van der Waals surface area (Å²) in [4.78, 5) is 25.5. The van der Waals surface area contributed by atoms with Gasteiger partial charge in [0.05, 0.1) is 12.1 Å². The number of benzene rings is 1. The molecule has 0 spiro atoms. The van der Waals surface area contributed by atoms with E-state index in [0.29, 0.717) is 16.3 Å². The van der Waals surface area contributed by atoms with E-state index in [0.717, 1.165) is 11.2 Å². The molecule has 1 aliphatic heterocycles. The zero-order valence-corrected chi connectivity index (χ0v) is 12.9. The van der Waals surface area contributed by atoms with Crippen LogP contribution >= 0.6 is 11.6 Å². The number of carbonyl (C=O) groups excluding carboxylic acids is 2. The number of sulfone groups is 1. The van der Waals surface area contributed by atoms with Crippen LogP contribution < -0.4 is 4.90 Å². The second kappa shape index (κ2) is 4.56. The summed E-state index contributed by atoms with van der Waals surface area (Å²) in [6.45, 7) is 3.00. The summed E-state index contributed by atoms with van der Waals surface area (Å²) in [5, 5.41) is 0.374. The maximum Gasteiger partial charge on any atom is 0.255 e. The smallest absolute Gasteiger partial charge is 0.255 e. The Hall–Kier alpha value is -1.40. The lowest BCUT2D eigenvalue weighted by atomic mass is 10.1. The summed E-state index contributed by atoms with van der Waals surface area (Å²) in [6, 6.07) is 4.80. The van der Waals surface area contributed by atoms with Gasteiger partial charge in [0.15, 0.2) is 14.6 Å². The van der Waals surface area contributed by atoms with Crippen molar-refractivity contribution in [3.8, 4) is 0 Å². The first kappa shape index (κ1) is 15.0. The molecule has 0 radical (unpaired) electrons. The van der Waals surface area contributed by atoms with Gasteiger partial charge in [-0.15, -0.1) is 0 Å². The van der Waals surface area contributed by atoms with Crippen LogP contribution in [0.5, 0.6) is 0 Å². The van der Waals surface area contributed by atoms with Gasteiger partial charge in [-0.25, -0.2) is 13.3 Å². The molecule has 1 unspecified atom stereocenters. The Labute approximate surface area is 122 Å². The molecule has 1 atom stereocenters. The van der Waals surface area contributed by atoms with E-state index in [1.165, 1.54) is 13.0 Å². The summed E-state index contributed by atoms with van der Waals surface area (Å²) >= 11 is 5.88. The van der Waals surface area contributed by atoms with Gasteiger partial charge in [-0.3, -0.25) is 9.59 Å². The number of rotatable bonds is 2. The summed E-state index contributed by atoms with van der Waals surface area (Å²) in [5.41, 5.74) is 1.01. The molecule has 1 heterocycles. The van der Waals surface area contributed by atoms with E-state index in [9.17, 15) is 18.0 Å². The monoisotopic (exact) mass is 315 g/mol. The van der Waals surface area contributed by atoms with E-state index >= 15 is 0 Å². The number of halogens is 1. The fraction of sp³-hybridized carbons (Fsp3) is 0.385. The maximum absolute atomic E-state index is 12.4. The molecule has 0 saturated carbocycles. The van der Waals surface area contributed by atoms with Gasteiger partial charge in [0.25, 0.3) is 5.91 Å². The standard InChI is InChI=1S/C13H14ClNO4S/c1-8-4-5-9(14)6-10(8)15-11(16)7-13(2,12(15)17)20(3,18)19/h4-6H,7H2,1-3H3. The van der Waals surface area contributed by atoms with Crippen molar-refractivity contribution in [1.82, 2.24) is 0 Å². The average Bonchev–Trinajstić information content (AvgIpc) is 2.54. The van der Waals surface area contributed by atoms with Gasteiger partial charge >= 0.3 is 0 Å². The normalized spacial score (nSPS) is 23.5. The number of hydrogen-bond donors (Lipinski definition) is 0. The number of amides is 2. The summed E-state index contributed by atoms with van der Waals surface area (Å²) < 4.78 is 21.9. The zero-order chi connectivity index (χ0) is 15.3. The largest absolute Gasteiger partial charge is 0.274 e. The van der Waals surface area contributed by atoms with Gasteiger partial charge in [-0.2, -0.15) is 0 Å². The fourth-order valence-corrected chi connectivity index (χ4v) is 3.11. The van der Waals surface area contributed by atoms with Gasteiger partial charge in [0.1, 0.15) is 0 Å². The molecule has 1 aromatic rings. The minimum Gasteiger partial charge on any atom is -0.274 e. The number of imide groups is 1. The van der Waals surface area contributed by atoms with Gasteiger partial charge < -0.3 is 0 Å². The third kappa shape index (κ3) is 2.13. The molecule has 2 amide bonds. The van der Waals surface area contributed by atoms with E-state index in [2.05, 4.69) is 0 Å². The highest BCUT2D eigenvalue weighted by atomic mass is 35.5. The second-order valence-corrected chi connectivity index (χ2v) is 8.03. The van der Waals surface area contributed by atoms with Crippen LogP contribution in [0.3, 0.4) is 0 Å². The molecule has 1 aliphatic rings. The van der Waals surface area contributed by atoms with Crippen LogP contribution in [-0.4, -0.2) is 31.2 Å². The minimum atomic E-state index is -3.69. The molecule has 5 nitrogen and oxygen atoms in total. The third-order valence-electron chi connectivity index (χ3n) is 3.62. The van der Waals surface area contributed by atoms with Crippen molar-refractivity contribution >= 4 is 38.9 Å². The summed E-state index contributed by atoms with van der Waals surface area (Å²) in [6.07, 6.45) is 0.614. The van der Waals surface area contributed by atoms with E-state index in [4.69, 9.17) is 11.6 Å². The molecular weight excluding hydrogens is 302 g/mol. The molecule has 1 aromatic carbocycles. The molecule has 1 fully saturated rings. The van der Waals surface area contributed by atoms with Crippen LogP contribution in [0.15, 0.2) is 18.2 Å². The molecule has 1 saturated heterocycles. The van der Waals surface area contributed by atoms with Gasteiger partial charge in [-0.1, -0.05) is 17.7 Å². The lowest BCUT2D eigenvalue weighted by Crippen LogP contribution is -2.44. The topological polar surface area (TPSA) is 71.5 Å². The molecular formula is C13H14ClNO4S. The lowest BCUT2D eigenvalue weighted by Gasteiger charge is -2.21. The van der Waals surface area contributed by atoms with Crippen molar-refractivity contribution in [2.75, 3.05) is 11.2 Å². The van der Waals surface area contributed by atoms with Crippen LogP contribution in [0.4, 0.5) is 5.69 Å². The number of nitrogens with zero attached hydrogens (tertiary/aromatic N) is 1. The van der Waals surface area contributed by atoms with E-state index in [1.54, 1.807) is 19.1 Å². The first-order valence-corrected chi connectivity index (χ1v) is 8.18. The maximum atomic E-state index is 12.4. The molecule has 20 heavy (non-hydrogen) atoms. The lowest BCUT2D eigenvalue weighted by molar-refractivity contribution is -0.121. The number of carbonyl (C=O) groups is 2. The third-order valence-corrected chi connectivity index (χ3v) is 5.81. The van der Waals surface area contributed by atoms with E-state index < -0.39 is 26.4 Å². The number of aryl methyl sites for hydroxylation is 1. The zero-order valence-electron chi connectivity index (χ0n) is 11.3. The first-order valence-electron chi connectivity index (χ1n) is 5.91. The minimum absolute atomic E-state index is 0.333. The van der Waals surface area contributed by atoms with Crippen LogP contribution in [0.1, 0.15) is 18.9 Å². The van der Waals surface area contributed by atoms with Crippen LogP contribution in [0.2, 0.25) is 5.02 Å². The van der Waals surface area contributed by atoms with Crippen LogP contribution in [0, 0.1) is 6.92 Å². The van der Waals surface area contributed by atoms with Crippen molar-refractivity contribution < 1.29 is 18.0 Å². The van der Waals surface area contributed by atoms with Crippen molar-refractivity contribution in [2.24, 2.45) is 0 Å². The van der Waals surface area contributed by atoms with Crippen molar-refractivity contribution in [2.45, 2.75) is 25.0 Å². The van der Waals surface area contributed by atoms with Gasteiger partial charge in [0, 0.05) is 11.3 Å². The Bertz CT molecular complexity index is 713. The summed E-state index contributed by atoms with van der Waals surface area (Å²) in [7, 11) is -3.69. The van der Waals surface area contributed by atoms with Crippen LogP contribution in [-0.2, 0) is 19.4 Å². The number of anilines is 1. The highest BCUT2D eigenvalue weighted by Crippen LogP contribution is 2.36. The molecule has 0 aromatic heterocycles. The van der Waals surface area contributed by atoms with Gasteiger partial charge in [0.2, 0.25) is 5.91 Å². The molecule has 2 rings (SSSR count). The summed E-state index contributed by atoms with van der Waals surface area (Å²) in [5.74, 6) is -1.26. The second-order valence-electron chi connectivity index (χ2n) is 5.14. The highest BCUT2D eigenvalue weighted by Gasteiger charge is 2.55. The quantitative estimate of drug-likeness (QED) is 0.779. The Kier molecular flexibility index (Phi) is 3.42. The molecule has 7 heteroatoms. The Morgan fingerprint density at radius 1 is 1.30 bits per heavy atom. The van der Waals surface area contributed by atoms with E-state index in [-0.39, 0.29) is 6.42 Å². The highest BCUT2D eigenvalue weighted by molar-refractivity contribution is 7.93. The SMILES string of the molecule is Cc1ccc(Cl)cc1N1C(=O)CC(C)(S(C)(=O)=O)C1=O. The number of hydrogen-bond acceptors (Lipinski definition) is 4. The van der Waals surface area contributed by atoms with Crippen molar-refractivity contribution in [1.29, 1.82) is 0 Å². The fourth-order valence-electron chi connectivity index (χ4n) is 2.15. The van der Waals surface area contributed by atoms with Crippen LogP contribution in [0.25, 0.3) is 0 Å². The average molecular weight is 316 g/mol. The molecule has 0 aliphatic carbocycles. The van der Waals surface area contributed by atoms with Crippen molar-refractivity contribution in [3.63, 3.8) is 0 Å². The van der Waals surface area contributed by atoms with Crippen molar-refractivity contribution in [3.05, 3.63) is 28.8 Å². The van der Waals surface area contributed by atoms with Gasteiger partial charge in [-0.05, 0) is 31.5 Å². The molecule has 0 N–H and O–H groups in total. The molecule has 108 valence electrons. The predicted molar refractivity (Wildman–Crippen MR) is 76.5 cm³/mol. The predicted octanol–water partition coefficient (Wildman–Crippen LogP) is 1.72. The Morgan fingerprint density at radius 2 is 1.90 bits per heavy atom. The molecule has 0 bridgehead atoms. The van der Waals surface area contributed by atoms with E-state index in [1.807, 2.05) is 0 Å². The Balaban J connectivity index is 2.58. The first-order chi connectivity index (χ1) is 9.08.